The van der Waals surface area contributed by atoms with Crippen molar-refractivity contribution in [1.82, 2.24) is 4.90 Å². The Labute approximate surface area is 107 Å². The van der Waals surface area contributed by atoms with Gasteiger partial charge in [-0.25, -0.2) is 5.90 Å². The van der Waals surface area contributed by atoms with Crippen LogP contribution in [0.15, 0.2) is 18.2 Å². The Morgan fingerprint density at radius 1 is 1.53 bits per heavy atom. The van der Waals surface area contributed by atoms with Crippen molar-refractivity contribution in [2.75, 3.05) is 26.7 Å². The quantitative estimate of drug-likeness (QED) is 0.838. The first-order valence-electron chi connectivity index (χ1n) is 5.99. The largest absolute Gasteiger partial charge is 0.306 e. The van der Waals surface area contributed by atoms with Crippen LogP contribution in [-0.2, 0) is 11.3 Å². The van der Waals surface area contributed by atoms with Crippen LogP contribution >= 0.6 is 11.6 Å². The number of likely N-dealkylation sites (N-methyl/N-ethyl adjacent to an activating group) is 1. The second-order valence-corrected chi connectivity index (χ2v) is 5.13. The molecule has 0 spiro atoms. The highest BCUT2D eigenvalue weighted by atomic mass is 35.5. The molecule has 1 aliphatic rings. The van der Waals surface area contributed by atoms with Gasteiger partial charge in [-0.1, -0.05) is 23.7 Å². The van der Waals surface area contributed by atoms with E-state index in [1.165, 1.54) is 17.5 Å². The maximum atomic E-state index is 6.35. The lowest BCUT2D eigenvalue weighted by Gasteiger charge is -2.13. The maximum Gasteiger partial charge on any atom is 0.0719 e. The zero-order chi connectivity index (χ0) is 12.3. The molecule has 0 radical (unpaired) electrons. The standard InChI is InChI=1S/C13H19ClN2O/c1-16-6-4-11(9-16)12-3-2-10(5-7-17-15)8-13(12)14/h2-3,8,11H,4-7,9,15H2,1H3. The third-order valence-electron chi connectivity index (χ3n) is 3.40. The van der Waals surface area contributed by atoms with Gasteiger partial charge >= 0.3 is 0 Å². The number of likely N-dealkylation sites (tertiary alicyclic amines) is 1. The maximum absolute atomic E-state index is 6.35. The van der Waals surface area contributed by atoms with E-state index >= 15 is 0 Å². The van der Waals surface area contributed by atoms with Crippen LogP contribution in [-0.4, -0.2) is 31.6 Å². The summed E-state index contributed by atoms with van der Waals surface area (Å²) in [6.07, 6.45) is 2.00. The van der Waals surface area contributed by atoms with E-state index < -0.39 is 0 Å². The molecule has 94 valence electrons. The molecule has 1 atom stereocenters. The summed E-state index contributed by atoms with van der Waals surface area (Å²) in [7, 11) is 2.15. The number of hydrogen-bond acceptors (Lipinski definition) is 3. The van der Waals surface area contributed by atoms with Crippen molar-refractivity contribution in [3.8, 4) is 0 Å². The van der Waals surface area contributed by atoms with E-state index in [0.29, 0.717) is 12.5 Å². The van der Waals surface area contributed by atoms with Crippen LogP contribution in [0, 0.1) is 0 Å². The Morgan fingerprint density at radius 2 is 2.35 bits per heavy atom. The van der Waals surface area contributed by atoms with Crippen LogP contribution in [0.2, 0.25) is 5.02 Å². The third kappa shape index (κ3) is 3.19. The van der Waals surface area contributed by atoms with Crippen molar-refractivity contribution in [2.24, 2.45) is 5.90 Å². The Bertz CT molecular complexity index is 384. The Kier molecular flexibility index (Phi) is 4.40. The highest BCUT2D eigenvalue weighted by Crippen LogP contribution is 2.32. The molecular weight excluding hydrogens is 236 g/mol. The van der Waals surface area contributed by atoms with E-state index in [4.69, 9.17) is 17.5 Å². The summed E-state index contributed by atoms with van der Waals surface area (Å²) in [6.45, 7) is 2.79. The molecule has 1 aromatic rings. The summed E-state index contributed by atoms with van der Waals surface area (Å²) in [5, 5.41) is 0.875. The normalized spacial score (nSPS) is 21.0. The van der Waals surface area contributed by atoms with Gasteiger partial charge in [-0.15, -0.1) is 0 Å². The predicted molar refractivity (Wildman–Crippen MR) is 70.2 cm³/mol. The molecule has 0 saturated carbocycles. The molecule has 4 heteroatoms. The van der Waals surface area contributed by atoms with Crippen LogP contribution in [0.4, 0.5) is 0 Å². The molecule has 1 heterocycles. The Hall–Kier alpha value is -0.610. The van der Waals surface area contributed by atoms with Gasteiger partial charge in [0.05, 0.1) is 6.61 Å². The van der Waals surface area contributed by atoms with Crippen molar-refractivity contribution >= 4 is 11.6 Å². The van der Waals surface area contributed by atoms with E-state index in [9.17, 15) is 0 Å². The number of halogens is 1. The summed E-state index contributed by atoms with van der Waals surface area (Å²) < 4.78 is 0. The fourth-order valence-electron chi connectivity index (χ4n) is 2.42. The molecule has 17 heavy (non-hydrogen) atoms. The van der Waals surface area contributed by atoms with Gasteiger partial charge in [0.15, 0.2) is 0 Å². The van der Waals surface area contributed by atoms with Crippen LogP contribution in [0.5, 0.6) is 0 Å². The number of benzene rings is 1. The number of nitrogens with zero attached hydrogens (tertiary/aromatic N) is 1. The zero-order valence-electron chi connectivity index (χ0n) is 10.2. The molecular formula is C13H19ClN2O. The summed E-state index contributed by atoms with van der Waals surface area (Å²) in [4.78, 5) is 6.92. The minimum atomic E-state index is 0.530. The SMILES string of the molecule is CN1CCC(c2ccc(CCON)cc2Cl)C1. The molecule has 0 amide bonds. The lowest BCUT2D eigenvalue weighted by molar-refractivity contribution is 0.141. The highest BCUT2D eigenvalue weighted by molar-refractivity contribution is 6.31. The fourth-order valence-corrected chi connectivity index (χ4v) is 2.78. The third-order valence-corrected chi connectivity index (χ3v) is 3.73. The second kappa shape index (κ2) is 5.83. The minimum absolute atomic E-state index is 0.530. The first-order valence-corrected chi connectivity index (χ1v) is 6.37. The molecule has 1 aromatic carbocycles. The summed E-state index contributed by atoms with van der Waals surface area (Å²) >= 11 is 6.35. The lowest BCUT2D eigenvalue weighted by atomic mass is 9.96. The number of hydrogen-bond donors (Lipinski definition) is 1. The van der Waals surface area contributed by atoms with Crippen molar-refractivity contribution < 1.29 is 4.84 Å². The molecule has 3 nitrogen and oxygen atoms in total. The van der Waals surface area contributed by atoms with Crippen molar-refractivity contribution in [3.05, 3.63) is 34.3 Å². The molecule has 1 saturated heterocycles. The van der Waals surface area contributed by atoms with Crippen molar-refractivity contribution in [1.29, 1.82) is 0 Å². The molecule has 0 aliphatic carbocycles. The van der Waals surface area contributed by atoms with Gasteiger partial charge in [-0.05, 0) is 49.5 Å². The van der Waals surface area contributed by atoms with E-state index in [-0.39, 0.29) is 0 Å². The smallest absolute Gasteiger partial charge is 0.0719 e. The van der Waals surface area contributed by atoms with Gasteiger partial charge in [-0.3, -0.25) is 0 Å². The summed E-state index contributed by atoms with van der Waals surface area (Å²) in [5.41, 5.74) is 2.45. The molecule has 1 unspecified atom stereocenters. The van der Waals surface area contributed by atoms with E-state index in [1.807, 2.05) is 6.07 Å². The van der Waals surface area contributed by atoms with Crippen LogP contribution in [0.1, 0.15) is 23.5 Å². The van der Waals surface area contributed by atoms with Crippen LogP contribution < -0.4 is 5.90 Å². The number of nitrogens with two attached hydrogens (primary N) is 1. The highest BCUT2D eigenvalue weighted by Gasteiger charge is 2.22. The molecule has 0 aromatic heterocycles. The molecule has 2 rings (SSSR count). The molecule has 2 N–H and O–H groups in total. The van der Waals surface area contributed by atoms with Gasteiger partial charge in [0, 0.05) is 11.6 Å². The van der Waals surface area contributed by atoms with Crippen LogP contribution in [0.3, 0.4) is 0 Å². The van der Waals surface area contributed by atoms with Gasteiger partial charge in [0.2, 0.25) is 0 Å². The molecule has 1 fully saturated rings. The van der Waals surface area contributed by atoms with Crippen LogP contribution in [0.25, 0.3) is 0 Å². The monoisotopic (exact) mass is 254 g/mol. The summed E-state index contributed by atoms with van der Waals surface area (Å²) in [6, 6.07) is 6.31. The van der Waals surface area contributed by atoms with E-state index in [2.05, 4.69) is 28.9 Å². The van der Waals surface area contributed by atoms with E-state index in [0.717, 1.165) is 24.5 Å². The minimum Gasteiger partial charge on any atom is -0.306 e. The lowest BCUT2D eigenvalue weighted by Crippen LogP contribution is -2.13. The van der Waals surface area contributed by atoms with Gasteiger partial charge < -0.3 is 9.74 Å². The van der Waals surface area contributed by atoms with Gasteiger partial charge in [-0.2, -0.15) is 0 Å². The van der Waals surface area contributed by atoms with Gasteiger partial charge in [0.25, 0.3) is 0 Å². The summed E-state index contributed by atoms with van der Waals surface area (Å²) in [5.74, 6) is 5.60. The fraction of sp³-hybridized carbons (Fsp3) is 0.538. The first kappa shape index (κ1) is 12.8. The Balaban J connectivity index is 2.08. The molecule has 0 bridgehead atoms. The van der Waals surface area contributed by atoms with E-state index in [1.54, 1.807) is 0 Å². The first-order chi connectivity index (χ1) is 8.20. The van der Waals surface area contributed by atoms with Crippen molar-refractivity contribution in [3.63, 3.8) is 0 Å². The second-order valence-electron chi connectivity index (χ2n) is 4.72. The number of rotatable bonds is 4. The molecule has 1 aliphatic heterocycles. The zero-order valence-corrected chi connectivity index (χ0v) is 10.9. The predicted octanol–water partition coefficient (Wildman–Crippen LogP) is 2.19. The average Bonchev–Trinajstić information content (AvgIpc) is 2.73. The average molecular weight is 255 g/mol. The Morgan fingerprint density at radius 3 is 2.94 bits per heavy atom. The topological polar surface area (TPSA) is 38.5 Å². The van der Waals surface area contributed by atoms with Gasteiger partial charge in [0.1, 0.15) is 0 Å². The van der Waals surface area contributed by atoms with Crippen molar-refractivity contribution in [2.45, 2.75) is 18.8 Å².